The number of rotatable bonds is 6. The second-order valence-corrected chi connectivity index (χ2v) is 4.86. The van der Waals surface area contributed by atoms with Crippen molar-refractivity contribution in [3.8, 4) is 0 Å². The Bertz CT molecular complexity index is 409. The maximum atomic E-state index is 12.0. The third-order valence-corrected chi connectivity index (χ3v) is 3.20. The highest BCUT2D eigenvalue weighted by atomic mass is 79.9. The Balaban J connectivity index is 2.59. The van der Waals surface area contributed by atoms with Crippen molar-refractivity contribution < 1.29 is 14.3 Å². The van der Waals surface area contributed by atoms with Crippen LogP contribution in [0.5, 0.6) is 0 Å². The maximum Gasteiger partial charge on any atom is 0.252 e. The first-order valence-corrected chi connectivity index (χ1v) is 6.44. The van der Waals surface area contributed by atoms with Crippen molar-refractivity contribution in [1.82, 2.24) is 5.32 Å². The first-order valence-electron chi connectivity index (χ1n) is 5.64. The molecule has 1 atom stereocenters. The van der Waals surface area contributed by atoms with Crippen LogP contribution in [0.1, 0.15) is 15.9 Å². The van der Waals surface area contributed by atoms with Crippen molar-refractivity contribution in [2.75, 3.05) is 27.4 Å². The van der Waals surface area contributed by atoms with Gasteiger partial charge in [-0.05, 0) is 40.5 Å². The Morgan fingerprint density at radius 2 is 2.17 bits per heavy atom. The fourth-order valence-electron chi connectivity index (χ4n) is 1.50. The lowest BCUT2D eigenvalue weighted by Gasteiger charge is -2.15. The molecule has 0 saturated carbocycles. The molecule has 0 saturated heterocycles. The van der Waals surface area contributed by atoms with Gasteiger partial charge in [0.2, 0.25) is 0 Å². The second kappa shape index (κ2) is 7.51. The summed E-state index contributed by atoms with van der Waals surface area (Å²) in [7, 11) is 3.20. The lowest BCUT2D eigenvalue weighted by Crippen LogP contribution is -2.35. The number of methoxy groups -OCH3 is 2. The average Bonchev–Trinajstić information content (AvgIpc) is 2.34. The molecule has 5 heteroatoms. The molecule has 100 valence electrons. The fourth-order valence-corrected chi connectivity index (χ4v) is 2.18. The molecule has 1 N–H and O–H groups in total. The Morgan fingerprint density at radius 3 is 2.72 bits per heavy atom. The van der Waals surface area contributed by atoms with Crippen molar-refractivity contribution in [3.05, 3.63) is 33.8 Å². The van der Waals surface area contributed by atoms with Gasteiger partial charge < -0.3 is 14.8 Å². The molecule has 0 aliphatic rings. The van der Waals surface area contributed by atoms with Gasteiger partial charge in [0, 0.05) is 25.2 Å². The summed E-state index contributed by atoms with van der Waals surface area (Å²) >= 11 is 3.39. The summed E-state index contributed by atoms with van der Waals surface area (Å²) in [6.45, 7) is 2.85. The van der Waals surface area contributed by atoms with E-state index in [4.69, 9.17) is 9.47 Å². The first-order chi connectivity index (χ1) is 8.58. The number of aryl methyl sites for hydroxylation is 1. The lowest BCUT2D eigenvalue weighted by atomic mass is 10.1. The number of ether oxygens (including phenoxy) is 2. The van der Waals surface area contributed by atoms with Crippen LogP contribution >= 0.6 is 15.9 Å². The molecular formula is C13H18BrNO3. The van der Waals surface area contributed by atoms with Gasteiger partial charge in [-0.25, -0.2) is 0 Å². The highest BCUT2D eigenvalue weighted by molar-refractivity contribution is 9.10. The summed E-state index contributed by atoms with van der Waals surface area (Å²) in [6.07, 6.45) is -0.136. The Hall–Kier alpha value is -0.910. The average molecular weight is 316 g/mol. The van der Waals surface area contributed by atoms with Crippen LogP contribution in [0.3, 0.4) is 0 Å². The largest absolute Gasteiger partial charge is 0.382 e. The van der Waals surface area contributed by atoms with Gasteiger partial charge in [0.15, 0.2) is 0 Å². The zero-order chi connectivity index (χ0) is 13.5. The Morgan fingerprint density at radius 1 is 1.44 bits per heavy atom. The highest BCUT2D eigenvalue weighted by Crippen LogP contribution is 2.18. The van der Waals surface area contributed by atoms with Gasteiger partial charge >= 0.3 is 0 Å². The molecule has 1 rings (SSSR count). The van der Waals surface area contributed by atoms with Gasteiger partial charge in [0.05, 0.1) is 18.3 Å². The van der Waals surface area contributed by atoms with E-state index in [0.29, 0.717) is 18.7 Å². The molecule has 1 aromatic carbocycles. The van der Waals surface area contributed by atoms with Crippen molar-refractivity contribution in [2.24, 2.45) is 0 Å². The number of hydrogen-bond donors (Lipinski definition) is 1. The van der Waals surface area contributed by atoms with E-state index in [-0.39, 0.29) is 12.0 Å². The maximum absolute atomic E-state index is 12.0. The van der Waals surface area contributed by atoms with E-state index >= 15 is 0 Å². The van der Waals surface area contributed by atoms with E-state index in [1.54, 1.807) is 20.3 Å². The molecule has 0 aliphatic heterocycles. The molecule has 4 nitrogen and oxygen atoms in total. The van der Waals surface area contributed by atoms with Gasteiger partial charge in [-0.1, -0.05) is 6.07 Å². The van der Waals surface area contributed by atoms with Crippen LogP contribution in [0, 0.1) is 6.92 Å². The van der Waals surface area contributed by atoms with E-state index in [1.807, 2.05) is 19.1 Å². The quantitative estimate of drug-likeness (QED) is 0.875. The molecule has 0 aliphatic carbocycles. The van der Waals surface area contributed by atoms with Gasteiger partial charge in [-0.2, -0.15) is 0 Å². The minimum Gasteiger partial charge on any atom is -0.382 e. The predicted octanol–water partition coefficient (Wildman–Crippen LogP) is 2.15. The SMILES string of the molecule is COCC(CNC(=O)c1ccc(C)cc1Br)OC. The summed E-state index contributed by atoms with van der Waals surface area (Å²) in [5, 5.41) is 2.82. The van der Waals surface area contributed by atoms with Gasteiger partial charge in [-0.3, -0.25) is 4.79 Å². The molecular weight excluding hydrogens is 298 g/mol. The number of nitrogens with one attached hydrogen (secondary N) is 1. The highest BCUT2D eigenvalue weighted by Gasteiger charge is 2.12. The summed E-state index contributed by atoms with van der Waals surface area (Å²) < 4.78 is 11.0. The van der Waals surface area contributed by atoms with E-state index < -0.39 is 0 Å². The van der Waals surface area contributed by atoms with Crippen LogP contribution in [0.25, 0.3) is 0 Å². The number of carbonyl (C=O) groups excluding carboxylic acids is 1. The number of benzene rings is 1. The van der Waals surface area contributed by atoms with Crippen LogP contribution in [0.4, 0.5) is 0 Å². The standard InChI is InChI=1S/C13H18BrNO3/c1-9-4-5-11(12(14)6-9)13(16)15-7-10(18-3)8-17-2/h4-6,10H,7-8H2,1-3H3,(H,15,16). The van der Waals surface area contributed by atoms with Crippen molar-refractivity contribution in [2.45, 2.75) is 13.0 Å². The lowest BCUT2D eigenvalue weighted by molar-refractivity contribution is 0.0285. The van der Waals surface area contributed by atoms with Gasteiger partial charge in [0.25, 0.3) is 5.91 Å². The smallest absolute Gasteiger partial charge is 0.252 e. The third kappa shape index (κ3) is 4.40. The molecule has 18 heavy (non-hydrogen) atoms. The molecule has 1 unspecified atom stereocenters. The summed E-state index contributed by atoms with van der Waals surface area (Å²) in [5.41, 5.74) is 1.72. The molecule has 0 aromatic heterocycles. The molecule has 0 bridgehead atoms. The summed E-state index contributed by atoms with van der Waals surface area (Å²) in [5.74, 6) is -0.125. The minimum atomic E-state index is -0.136. The second-order valence-electron chi connectivity index (χ2n) is 4.01. The van der Waals surface area contributed by atoms with E-state index in [9.17, 15) is 4.79 Å². The van der Waals surface area contributed by atoms with Gasteiger partial charge in [-0.15, -0.1) is 0 Å². The summed E-state index contributed by atoms with van der Waals surface area (Å²) in [4.78, 5) is 12.0. The van der Waals surface area contributed by atoms with Crippen molar-refractivity contribution >= 4 is 21.8 Å². The topological polar surface area (TPSA) is 47.6 Å². The monoisotopic (exact) mass is 315 g/mol. The number of amides is 1. The summed E-state index contributed by atoms with van der Waals surface area (Å²) in [6, 6.07) is 5.62. The molecule has 0 heterocycles. The zero-order valence-electron chi connectivity index (χ0n) is 10.8. The Kier molecular flexibility index (Phi) is 6.32. The van der Waals surface area contributed by atoms with E-state index in [2.05, 4.69) is 21.2 Å². The van der Waals surface area contributed by atoms with Gasteiger partial charge in [0.1, 0.15) is 0 Å². The molecule has 0 radical (unpaired) electrons. The number of hydrogen-bond acceptors (Lipinski definition) is 3. The first kappa shape index (κ1) is 15.1. The van der Waals surface area contributed by atoms with E-state index in [1.165, 1.54) is 0 Å². The molecule has 1 amide bonds. The van der Waals surface area contributed by atoms with Crippen LogP contribution < -0.4 is 5.32 Å². The zero-order valence-corrected chi connectivity index (χ0v) is 12.4. The van der Waals surface area contributed by atoms with Crippen LogP contribution in [0.15, 0.2) is 22.7 Å². The Labute approximate surface area is 116 Å². The van der Waals surface area contributed by atoms with Crippen LogP contribution in [0.2, 0.25) is 0 Å². The van der Waals surface area contributed by atoms with Crippen molar-refractivity contribution in [3.63, 3.8) is 0 Å². The normalized spacial score (nSPS) is 12.2. The minimum absolute atomic E-state index is 0.125. The molecule has 1 aromatic rings. The number of carbonyl (C=O) groups is 1. The van der Waals surface area contributed by atoms with Crippen molar-refractivity contribution in [1.29, 1.82) is 0 Å². The van der Waals surface area contributed by atoms with Crippen LogP contribution in [-0.2, 0) is 9.47 Å². The third-order valence-electron chi connectivity index (χ3n) is 2.55. The van der Waals surface area contributed by atoms with Crippen LogP contribution in [-0.4, -0.2) is 39.4 Å². The predicted molar refractivity (Wildman–Crippen MR) is 73.9 cm³/mol. The number of halogens is 1. The van der Waals surface area contributed by atoms with E-state index in [0.717, 1.165) is 10.0 Å². The molecule has 0 fully saturated rings. The molecule has 0 spiro atoms. The fraction of sp³-hybridized carbons (Fsp3) is 0.462.